The summed E-state index contributed by atoms with van der Waals surface area (Å²) in [5, 5.41) is 13.8. The van der Waals surface area contributed by atoms with Gasteiger partial charge in [-0.05, 0) is 218 Å². The normalized spacial score (nSPS) is 11.6. The summed E-state index contributed by atoms with van der Waals surface area (Å²) in [4.78, 5) is 4.79. The summed E-state index contributed by atoms with van der Waals surface area (Å²) in [6.45, 7) is 0. The van der Waals surface area contributed by atoms with E-state index in [2.05, 4.69) is 447 Å². The molecule has 116 heavy (non-hydrogen) atoms. The molecule has 4 heteroatoms. The van der Waals surface area contributed by atoms with Crippen LogP contribution in [-0.2, 0) is 0 Å². The highest BCUT2D eigenvalue weighted by Crippen LogP contribution is 2.50. The molecule has 22 rings (SSSR count). The predicted octanol–water partition coefficient (Wildman–Crippen LogP) is 32.0. The van der Waals surface area contributed by atoms with Crippen LogP contribution >= 0.6 is 0 Å². The molecule has 4 nitrogen and oxygen atoms in total. The summed E-state index contributed by atoms with van der Waals surface area (Å²) < 4.78 is 14.2. The van der Waals surface area contributed by atoms with Gasteiger partial charge in [0.1, 0.15) is 22.3 Å². The number of anilines is 6. The minimum atomic E-state index is 0.838. The lowest BCUT2D eigenvalue weighted by atomic mass is 9.90. The molecule has 0 aliphatic heterocycles. The van der Waals surface area contributed by atoms with E-state index in [1.54, 1.807) is 0 Å². The second-order valence-corrected chi connectivity index (χ2v) is 30.2. The van der Waals surface area contributed by atoms with Crippen LogP contribution in [-0.4, -0.2) is 0 Å². The van der Waals surface area contributed by atoms with Gasteiger partial charge in [0.05, 0.1) is 11.4 Å². The predicted molar refractivity (Wildman–Crippen MR) is 489 cm³/mol. The van der Waals surface area contributed by atoms with Crippen molar-refractivity contribution < 1.29 is 8.83 Å². The van der Waals surface area contributed by atoms with Crippen molar-refractivity contribution in [3.63, 3.8) is 0 Å². The Labute approximate surface area is 672 Å². The van der Waals surface area contributed by atoms with Crippen LogP contribution < -0.4 is 9.80 Å². The molecule has 0 atom stereocenters. The maximum Gasteiger partial charge on any atom is 0.143 e. The van der Waals surface area contributed by atoms with E-state index in [1.807, 2.05) is 0 Å². The van der Waals surface area contributed by atoms with Gasteiger partial charge < -0.3 is 18.6 Å². The molecule has 2 aromatic heterocycles. The highest BCUT2D eigenvalue weighted by Gasteiger charge is 2.25. The van der Waals surface area contributed by atoms with Gasteiger partial charge >= 0.3 is 0 Å². The van der Waals surface area contributed by atoms with Gasteiger partial charge in [0.2, 0.25) is 0 Å². The maximum absolute atomic E-state index is 7.30. The molecule has 542 valence electrons. The SMILES string of the molecule is c1ccc(-c2ccc(N(c3ccc(-c4cccc(-c5cccc6ccccc56)c4)cc3)c3ccccc3-c3cccc4c3oc3cc5c(-c6cccc7c(-c8cccc(-c9ccc(N(c%10cccc(-c%11ccccc%11)c%10)c%10ccccc%10-c%10cccc%11c%10oc%10cc%12ccccc%12cc%10%11)cc9)c8)cccc67)cccc5cc34)cc2)cc1. The summed E-state index contributed by atoms with van der Waals surface area (Å²) in [7, 11) is 0. The minimum Gasteiger partial charge on any atom is -0.455 e. The molecular formula is C112H72N2O2. The van der Waals surface area contributed by atoms with E-state index >= 15 is 0 Å². The molecule has 0 spiro atoms. The first-order chi connectivity index (χ1) is 57.5. The first-order valence-corrected chi connectivity index (χ1v) is 39.7. The lowest BCUT2D eigenvalue weighted by Gasteiger charge is -2.28. The number of hydrogen-bond acceptors (Lipinski definition) is 4. The fourth-order valence-electron chi connectivity index (χ4n) is 17.9. The molecule has 0 bridgehead atoms. The Bertz CT molecular complexity index is 7560. The van der Waals surface area contributed by atoms with Gasteiger partial charge in [-0.2, -0.15) is 0 Å². The van der Waals surface area contributed by atoms with Crippen LogP contribution in [0.4, 0.5) is 34.1 Å². The van der Waals surface area contributed by atoms with Crippen molar-refractivity contribution in [1.29, 1.82) is 0 Å². The molecule has 0 aliphatic rings. The molecule has 20 aromatic carbocycles. The highest BCUT2D eigenvalue weighted by atomic mass is 16.3. The van der Waals surface area contributed by atoms with E-state index in [9.17, 15) is 0 Å². The number of rotatable bonds is 15. The summed E-state index contributed by atoms with van der Waals surface area (Å²) in [6, 6.07) is 159. The third kappa shape index (κ3) is 11.9. The largest absolute Gasteiger partial charge is 0.455 e. The zero-order chi connectivity index (χ0) is 76.6. The van der Waals surface area contributed by atoms with Crippen molar-refractivity contribution >= 4 is 121 Å². The minimum absolute atomic E-state index is 0.838. The Morgan fingerprint density at radius 3 is 1.04 bits per heavy atom. The van der Waals surface area contributed by atoms with Gasteiger partial charge in [0.25, 0.3) is 0 Å². The molecule has 0 N–H and O–H groups in total. The summed E-state index contributed by atoms with van der Waals surface area (Å²) >= 11 is 0. The van der Waals surface area contributed by atoms with Crippen LogP contribution in [0.1, 0.15) is 0 Å². The number of furan rings is 2. The van der Waals surface area contributed by atoms with Gasteiger partial charge in [0.15, 0.2) is 0 Å². The Morgan fingerprint density at radius 1 is 0.147 bits per heavy atom. The molecule has 0 fully saturated rings. The Morgan fingerprint density at radius 2 is 0.474 bits per heavy atom. The van der Waals surface area contributed by atoms with Crippen LogP contribution in [0.25, 0.3) is 187 Å². The van der Waals surface area contributed by atoms with Crippen molar-refractivity contribution in [3.8, 4) is 100 Å². The Balaban J connectivity index is 0.599. The lowest BCUT2D eigenvalue weighted by molar-refractivity contribution is 0.670. The second-order valence-electron chi connectivity index (χ2n) is 30.2. The smallest absolute Gasteiger partial charge is 0.143 e. The Kier molecular flexibility index (Phi) is 16.6. The first kappa shape index (κ1) is 67.5. The van der Waals surface area contributed by atoms with Crippen LogP contribution in [0.5, 0.6) is 0 Å². The molecule has 22 aromatic rings. The molecule has 0 amide bonds. The van der Waals surface area contributed by atoms with Crippen molar-refractivity contribution in [2.75, 3.05) is 9.80 Å². The van der Waals surface area contributed by atoms with E-state index in [0.29, 0.717) is 0 Å². The third-order valence-corrected chi connectivity index (χ3v) is 23.4. The fraction of sp³-hybridized carbons (Fsp3) is 0. The monoisotopic (exact) mass is 1480 g/mol. The number of hydrogen-bond donors (Lipinski definition) is 0. The number of fused-ring (bicyclic) bond motifs is 10. The molecule has 0 unspecified atom stereocenters. The van der Waals surface area contributed by atoms with Crippen LogP contribution in [0.2, 0.25) is 0 Å². The van der Waals surface area contributed by atoms with E-state index < -0.39 is 0 Å². The van der Waals surface area contributed by atoms with Gasteiger partial charge in [-0.3, -0.25) is 0 Å². The van der Waals surface area contributed by atoms with E-state index in [4.69, 9.17) is 8.83 Å². The molecule has 0 saturated heterocycles. The molecule has 0 saturated carbocycles. The molecule has 0 radical (unpaired) electrons. The maximum atomic E-state index is 7.30. The fourth-order valence-corrected chi connectivity index (χ4v) is 17.9. The first-order valence-electron chi connectivity index (χ1n) is 39.7. The van der Waals surface area contributed by atoms with E-state index in [-0.39, 0.29) is 0 Å². The average Bonchev–Trinajstić information content (AvgIpc) is 1.61. The third-order valence-electron chi connectivity index (χ3n) is 23.4. The van der Waals surface area contributed by atoms with Gasteiger partial charge in [-0.1, -0.05) is 340 Å². The van der Waals surface area contributed by atoms with Crippen LogP contribution in [0.3, 0.4) is 0 Å². The summed E-state index contributed by atoms with van der Waals surface area (Å²) in [5.41, 5.74) is 30.1. The number of benzene rings is 20. The number of para-hydroxylation sites is 4. The van der Waals surface area contributed by atoms with E-state index in [1.165, 1.54) is 49.2 Å². The van der Waals surface area contributed by atoms with Crippen LogP contribution in [0, 0.1) is 0 Å². The average molecular weight is 1480 g/mol. The molecule has 2 heterocycles. The number of nitrogens with zero attached hydrogens (tertiary/aromatic N) is 2. The summed E-state index contributed by atoms with van der Waals surface area (Å²) in [6.07, 6.45) is 0. The van der Waals surface area contributed by atoms with Gasteiger partial charge in [-0.15, -0.1) is 0 Å². The highest BCUT2D eigenvalue weighted by molar-refractivity contribution is 6.18. The summed E-state index contributed by atoms with van der Waals surface area (Å²) in [5.74, 6) is 0. The van der Waals surface area contributed by atoms with Crippen molar-refractivity contribution in [2.45, 2.75) is 0 Å². The standard InChI is InChI=1S/C112H72N2O2/c1-3-24-73(25-4-1)75-54-60-87(61-55-75)113(88-62-56-76(57-63-88)79-32-15-35-84(66-79)92-42-18-31-78-28-9-10-39-91(78)92)107-52-13-11-40-98(107)100-48-23-51-103-106-70-86-37-19-44-97(104(86)72-110(106)116-112(100)103)96-47-21-45-94-93(43-20-46-95(94)96)85-36-16-33-80(67-85)77-58-64-89(65-59-77)114(90-38-17-34-81(68-90)74-26-5-2-6-27-74)108-53-14-12-41-99(108)101-49-22-50-102-105-69-82-29-7-8-30-83(82)71-109(105)115-111(101)102/h1-72H. The molecule has 0 aliphatic carbocycles. The Hall–Kier alpha value is -15.4. The van der Waals surface area contributed by atoms with Gasteiger partial charge in [0, 0.05) is 66.5 Å². The quantitative estimate of drug-likeness (QED) is 0.102. The van der Waals surface area contributed by atoms with Crippen LogP contribution in [0.15, 0.2) is 446 Å². The molecular weight excluding hydrogens is 1410 g/mol. The zero-order valence-corrected chi connectivity index (χ0v) is 63.3. The van der Waals surface area contributed by atoms with Crippen molar-refractivity contribution in [2.24, 2.45) is 0 Å². The van der Waals surface area contributed by atoms with Gasteiger partial charge in [-0.25, -0.2) is 0 Å². The topological polar surface area (TPSA) is 32.8 Å². The van der Waals surface area contributed by atoms with Crippen molar-refractivity contribution in [1.82, 2.24) is 0 Å². The lowest BCUT2D eigenvalue weighted by Crippen LogP contribution is -2.11. The van der Waals surface area contributed by atoms with E-state index in [0.717, 1.165) is 172 Å². The van der Waals surface area contributed by atoms with Crippen molar-refractivity contribution in [3.05, 3.63) is 437 Å². The zero-order valence-electron chi connectivity index (χ0n) is 63.3. The second kappa shape index (κ2) is 28.4.